The molecule has 0 aliphatic carbocycles. The lowest BCUT2D eigenvalue weighted by Gasteiger charge is -1.98. The van der Waals surface area contributed by atoms with Crippen molar-refractivity contribution in [3.05, 3.63) is 24.3 Å². The zero-order chi connectivity index (χ0) is 22.5. The highest BCUT2D eigenvalue weighted by Crippen LogP contribution is 2.09. The third kappa shape index (κ3) is 34.5. The van der Waals surface area contributed by atoms with Gasteiger partial charge in [-0.1, -0.05) is 122 Å². The van der Waals surface area contributed by atoms with Gasteiger partial charge in [0.25, 0.3) is 0 Å². The van der Waals surface area contributed by atoms with Crippen molar-refractivity contribution < 1.29 is 9.90 Å². The average Bonchev–Trinajstić information content (AvgIpc) is 2.74. The zero-order valence-electron chi connectivity index (χ0n) is 20.8. The van der Waals surface area contributed by atoms with Crippen LogP contribution in [0.4, 0.5) is 0 Å². The minimum Gasteiger partial charge on any atom is -0.481 e. The van der Waals surface area contributed by atoms with E-state index < -0.39 is 5.97 Å². The molecule has 1 N–H and O–H groups in total. The molecule has 2 heteroatoms. The normalized spacial score (nSPS) is 11.2. The molecule has 0 saturated heterocycles. The average molecular weight is 423 g/mol. The van der Waals surface area contributed by atoms with Gasteiger partial charge < -0.3 is 5.11 Å². The number of carbonyl (C=O) groups is 1. The van der Waals surface area contributed by atoms with E-state index in [0.717, 1.165) is 12.8 Å². The van der Waals surface area contributed by atoms with Gasteiger partial charge in [0.2, 0.25) is 0 Å². The summed E-state index contributed by atoms with van der Waals surface area (Å²) in [6, 6.07) is 0. The largest absolute Gasteiger partial charge is 0.481 e. The topological polar surface area (TPSA) is 37.3 Å². The number of rotatable bonds is 21. The molecule has 2 nitrogen and oxygen atoms in total. The van der Waals surface area contributed by atoms with E-state index in [1.165, 1.54) is 109 Å². The Hall–Kier alpha value is -1.05. The first-order valence-corrected chi connectivity index (χ1v) is 13.2. The second kappa shape index (κ2) is 30.1. The molecule has 0 aromatic heterocycles. The Morgan fingerprint density at radius 3 is 1.23 bits per heavy atom. The van der Waals surface area contributed by atoms with Crippen LogP contribution in [0.2, 0.25) is 0 Å². The highest BCUT2D eigenvalue weighted by atomic mass is 16.4. The molecule has 0 heterocycles. The fourth-order valence-electron chi connectivity index (χ4n) is 3.23. The van der Waals surface area contributed by atoms with E-state index in [0.29, 0.717) is 6.42 Å². The monoisotopic (exact) mass is 422 g/mol. The van der Waals surface area contributed by atoms with Gasteiger partial charge in [-0.25, -0.2) is 0 Å². The molecule has 0 fully saturated rings. The standard InChI is InChI=1S/C14H26O2.C14H28/c1-2-3-4-5-6-7-8-9-10-11-12-13-14(15)16;1-3-5-7-9-11-13-14-12-10-8-6-4-2/h5-6H,2-4,7-13H2,1H3,(H,15,16);9,11H,3-8,10,12-14H2,1-2H3/b6-5-;. The minimum absolute atomic E-state index is 0.330. The number of hydrogen-bond donors (Lipinski definition) is 1. The van der Waals surface area contributed by atoms with Gasteiger partial charge in [0.15, 0.2) is 0 Å². The summed E-state index contributed by atoms with van der Waals surface area (Å²) in [6.07, 6.45) is 33.9. The third-order valence-electron chi connectivity index (χ3n) is 5.27. The summed E-state index contributed by atoms with van der Waals surface area (Å²) in [6.45, 7) is 6.74. The van der Waals surface area contributed by atoms with Crippen LogP contribution >= 0.6 is 0 Å². The Morgan fingerprint density at radius 2 is 0.833 bits per heavy atom. The predicted molar refractivity (Wildman–Crippen MR) is 135 cm³/mol. The summed E-state index contributed by atoms with van der Waals surface area (Å²) >= 11 is 0. The molecule has 0 atom stereocenters. The zero-order valence-corrected chi connectivity index (χ0v) is 20.8. The van der Waals surface area contributed by atoms with Crippen molar-refractivity contribution >= 4 is 5.97 Å². The van der Waals surface area contributed by atoms with Crippen LogP contribution in [-0.2, 0) is 4.79 Å². The van der Waals surface area contributed by atoms with E-state index in [-0.39, 0.29) is 0 Å². The summed E-state index contributed by atoms with van der Waals surface area (Å²) in [4.78, 5) is 10.3. The summed E-state index contributed by atoms with van der Waals surface area (Å²) in [5, 5.41) is 8.45. The highest BCUT2D eigenvalue weighted by molar-refractivity contribution is 5.66. The lowest BCUT2D eigenvalue weighted by atomic mass is 10.1. The molecule has 0 aromatic rings. The quantitative estimate of drug-likeness (QED) is 0.147. The van der Waals surface area contributed by atoms with Crippen LogP contribution in [-0.4, -0.2) is 11.1 Å². The fraction of sp³-hybridized carbons (Fsp3) is 0.821. The van der Waals surface area contributed by atoms with Crippen LogP contribution in [0, 0.1) is 0 Å². The van der Waals surface area contributed by atoms with Gasteiger partial charge in [-0.05, 0) is 44.9 Å². The van der Waals surface area contributed by atoms with E-state index in [1.807, 2.05) is 0 Å². The number of carboxylic acid groups (broad SMARTS) is 1. The number of aliphatic carboxylic acids is 1. The predicted octanol–water partition coefficient (Wildman–Crippen LogP) is 10.0. The Labute approximate surface area is 189 Å². The van der Waals surface area contributed by atoms with Gasteiger partial charge in [0.1, 0.15) is 0 Å². The molecule has 178 valence electrons. The van der Waals surface area contributed by atoms with Gasteiger partial charge in [-0.3, -0.25) is 4.79 Å². The molecule has 0 radical (unpaired) electrons. The molecule has 0 bridgehead atoms. The first kappa shape index (κ1) is 31.1. The molecule has 0 saturated carbocycles. The SMILES string of the molecule is CCCC/C=C\CCCCCCCC(=O)O.CCCCC=CCCCCCCCC. The van der Waals surface area contributed by atoms with Crippen molar-refractivity contribution in [2.24, 2.45) is 0 Å². The number of allylic oxidation sites excluding steroid dienone is 4. The molecule has 0 aliphatic heterocycles. The molecule has 0 rings (SSSR count). The van der Waals surface area contributed by atoms with Crippen molar-refractivity contribution in [1.29, 1.82) is 0 Å². The molecule has 0 aromatic carbocycles. The minimum atomic E-state index is -0.668. The maximum absolute atomic E-state index is 10.3. The van der Waals surface area contributed by atoms with E-state index >= 15 is 0 Å². The van der Waals surface area contributed by atoms with Crippen molar-refractivity contribution in [2.75, 3.05) is 0 Å². The van der Waals surface area contributed by atoms with Gasteiger partial charge >= 0.3 is 5.97 Å². The number of carboxylic acids is 1. The lowest BCUT2D eigenvalue weighted by molar-refractivity contribution is -0.137. The second-order valence-electron chi connectivity index (χ2n) is 8.48. The van der Waals surface area contributed by atoms with Gasteiger partial charge in [0, 0.05) is 6.42 Å². The van der Waals surface area contributed by atoms with Crippen molar-refractivity contribution in [1.82, 2.24) is 0 Å². The molecule has 0 aliphatic rings. The van der Waals surface area contributed by atoms with Crippen LogP contribution in [0.5, 0.6) is 0 Å². The Morgan fingerprint density at radius 1 is 0.500 bits per heavy atom. The smallest absolute Gasteiger partial charge is 0.303 e. The molecular weight excluding hydrogens is 368 g/mol. The molecule has 0 spiro atoms. The fourth-order valence-corrected chi connectivity index (χ4v) is 3.23. The summed E-state index contributed by atoms with van der Waals surface area (Å²) < 4.78 is 0. The van der Waals surface area contributed by atoms with Crippen LogP contribution in [0.1, 0.15) is 149 Å². The van der Waals surface area contributed by atoms with Crippen LogP contribution in [0.3, 0.4) is 0 Å². The van der Waals surface area contributed by atoms with Crippen molar-refractivity contribution in [2.45, 2.75) is 149 Å². The summed E-state index contributed by atoms with van der Waals surface area (Å²) in [7, 11) is 0. The van der Waals surface area contributed by atoms with Crippen molar-refractivity contribution in [3.8, 4) is 0 Å². The van der Waals surface area contributed by atoms with E-state index in [9.17, 15) is 4.79 Å². The van der Waals surface area contributed by atoms with Gasteiger partial charge in [0.05, 0.1) is 0 Å². The Balaban J connectivity index is 0. The first-order chi connectivity index (χ1) is 14.7. The number of hydrogen-bond acceptors (Lipinski definition) is 1. The Kier molecular flexibility index (Phi) is 31.3. The van der Waals surface area contributed by atoms with Gasteiger partial charge in [-0.2, -0.15) is 0 Å². The molecular formula is C28H54O2. The molecule has 0 unspecified atom stereocenters. The summed E-state index contributed by atoms with van der Waals surface area (Å²) in [5.74, 6) is -0.668. The maximum atomic E-state index is 10.3. The van der Waals surface area contributed by atoms with Crippen LogP contribution in [0.25, 0.3) is 0 Å². The van der Waals surface area contributed by atoms with Crippen molar-refractivity contribution in [3.63, 3.8) is 0 Å². The Bertz CT molecular complexity index is 371. The van der Waals surface area contributed by atoms with E-state index in [2.05, 4.69) is 45.1 Å². The number of unbranched alkanes of at least 4 members (excludes halogenated alkanes) is 15. The highest BCUT2D eigenvalue weighted by Gasteiger charge is 1.95. The van der Waals surface area contributed by atoms with Crippen LogP contribution < -0.4 is 0 Å². The third-order valence-corrected chi connectivity index (χ3v) is 5.27. The molecule has 30 heavy (non-hydrogen) atoms. The second-order valence-corrected chi connectivity index (χ2v) is 8.48. The maximum Gasteiger partial charge on any atom is 0.303 e. The van der Waals surface area contributed by atoms with E-state index in [1.54, 1.807) is 0 Å². The lowest BCUT2D eigenvalue weighted by Crippen LogP contribution is -1.93. The van der Waals surface area contributed by atoms with E-state index in [4.69, 9.17) is 5.11 Å². The van der Waals surface area contributed by atoms with Crippen LogP contribution in [0.15, 0.2) is 24.3 Å². The molecule has 0 amide bonds. The first-order valence-electron chi connectivity index (χ1n) is 13.2. The summed E-state index contributed by atoms with van der Waals surface area (Å²) in [5.41, 5.74) is 0. The van der Waals surface area contributed by atoms with Gasteiger partial charge in [-0.15, -0.1) is 0 Å².